The van der Waals surface area contributed by atoms with E-state index in [2.05, 4.69) is 38.1 Å². The Balaban J connectivity index is 1.83. The molecule has 1 aromatic rings. The van der Waals surface area contributed by atoms with E-state index in [1.54, 1.807) is 0 Å². The molecule has 1 aromatic carbocycles. The summed E-state index contributed by atoms with van der Waals surface area (Å²) in [4.78, 5) is 0. The summed E-state index contributed by atoms with van der Waals surface area (Å²) in [5.41, 5.74) is 1.23. The molecule has 5 atom stereocenters. The van der Waals surface area contributed by atoms with E-state index in [1.165, 1.54) is 12.0 Å². The van der Waals surface area contributed by atoms with Crippen LogP contribution in [-0.2, 0) is 4.74 Å². The molecule has 0 aromatic heterocycles. The van der Waals surface area contributed by atoms with Crippen molar-refractivity contribution in [3.63, 3.8) is 0 Å². The van der Waals surface area contributed by atoms with Crippen LogP contribution < -0.4 is 4.74 Å². The normalized spacial score (nSPS) is 45.0. The van der Waals surface area contributed by atoms with Gasteiger partial charge in [0.2, 0.25) is 0 Å². The highest BCUT2D eigenvalue weighted by atomic mass is 16.5. The maximum atomic E-state index is 6.37. The van der Waals surface area contributed by atoms with Crippen LogP contribution in [0.25, 0.3) is 0 Å². The van der Waals surface area contributed by atoms with Crippen LogP contribution in [0.4, 0.5) is 0 Å². The summed E-state index contributed by atoms with van der Waals surface area (Å²) < 4.78 is 12.6. The van der Waals surface area contributed by atoms with Crippen molar-refractivity contribution in [1.82, 2.24) is 0 Å². The second-order valence-corrected chi connectivity index (χ2v) is 6.49. The maximum Gasteiger partial charge on any atom is 0.125 e. The summed E-state index contributed by atoms with van der Waals surface area (Å²) in [6.07, 6.45) is 2.68. The van der Waals surface area contributed by atoms with Crippen LogP contribution in [0.2, 0.25) is 0 Å². The van der Waals surface area contributed by atoms with Crippen LogP contribution >= 0.6 is 0 Å². The molecule has 0 N–H and O–H groups in total. The van der Waals surface area contributed by atoms with Crippen molar-refractivity contribution in [3.8, 4) is 5.75 Å². The van der Waals surface area contributed by atoms with Crippen molar-refractivity contribution in [3.05, 3.63) is 29.8 Å². The summed E-state index contributed by atoms with van der Waals surface area (Å²) in [6, 6.07) is 8.40. The summed E-state index contributed by atoms with van der Waals surface area (Å²) >= 11 is 0. The van der Waals surface area contributed by atoms with Crippen molar-refractivity contribution >= 4 is 0 Å². The molecule has 18 heavy (non-hydrogen) atoms. The van der Waals surface area contributed by atoms with E-state index in [9.17, 15) is 0 Å². The first kappa shape index (κ1) is 10.9. The molecule has 2 heteroatoms. The molecular weight excluding hydrogens is 224 g/mol. The lowest BCUT2D eigenvalue weighted by Gasteiger charge is -2.55. The first-order valence-electron chi connectivity index (χ1n) is 7.07. The zero-order valence-corrected chi connectivity index (χ0v) is 11.1. The van der Waals surface area contributed by atoms with Crippen molar-refractivity contribution in [2.24, 2.45) is 17.8 Å². The predicted octanol–water partition coefficient (Wildman–Crippen LogP) is 3.57. The van der Waals surface area contributed by atoms with E-state index in [0.717, 1.165) is 24.7 Å². The first-order chi connectivity index (χ1) is 8.67. The lowest BCUT2D eigenvalue weighted by Crippen LogP contribution is -2.56. The van der Waals surface area contributed by atoms with E-state index in [1.807, 2.05) is 0 Å². The number of benzene rings is 1. The molecule has 4 rings (SSSR count). The second-order valence-electron chi connectivity index (χ2n) is 6.49. The average Bonchev–Trinajstić information content (AvgIpc) is 2.37. The third-order valence-electron chi connectivity index (χ3n) is 5.30. The topological polar surface area (TPSA) is 18.5 Å². The fourth-order valence-electron chi connectivity index (χ4n) is 4.27. The van der Waals surface area contributed by atoms with E-state index in [-0.39, 0.29) is 11.7 Å². The van der Waals surface area contributed by atoms with Gasteiger partial charge in [0.1, 0.15) is 11.4 Å². The molecule has 2 fully saturated rings. The molecule has 2 nitrogen and oxygen atoms in total. The highest BCUT2D eigenvalue weighted by Crippen LogP contribution is 2.56. The van der Waals surface area contributed by atoms with Gasteiger partial charge in [0.25, 0.3) is 0 Å². The molecule has 2 bridgehead atoms. The molecule has 0 radical (unpaired) electrons. The Labute approximate surface area is 108 Å². The Kier molecular flexibility index (Phi) is 2.12. The summed E-state index contributed by atoms with van der Waals surface area (Å²) in [5, 5.41) is 0. The number of hydrogen-bond donors (Lipinski definition) is 0. The highest BCUT2D eigenvalue weighted by molar-refractivity contribution is 5.39. The standard InChI is InChI=1S/C16H20O2/c1-10-8-16(2)13-7-11(10)9-17-15(13)12-5-3-4-6-14(12)18-16/h3-6,10-11,13,15H,7-9H2,1-2H3/t10-,11-,13-,15+,16+/m1/s1. The quantitative estimate of drug-likeness (QED) is 0.694. The fourth-order valence-corrected chi connectivity index (χ4v) is 4.27. The summed E-state index contributed by atoms with van der Waals surface area (Å²) in [5.74, 6) is 3.00. The molecule has 0 unspecified atom stereocenters. The Morgan fingerprint density at radius 1 is 1.28 bits per heavy atom. The largest absolute Gasteiger partial charge is 0.487 e. The number of ether oxygens (including phenoxy) is 2. The molecule has 1 saturated carbocycles. The Bertz CT molecular complexity index is 484. The van der Waals surface area contributed by atoms with Crippen LogP contribution in [-0.4, -0.2) is 12.2 Å². The third kappa shape index (κ3) is 1.33. The average molecular weight is 244 g/mol. The predicted molar refractivity (Wildman–Crippen MR) is 69.5 cm³/mol. The molecule has 1 aliphatic carbocycles. The third-order valence-corrected chi connectivity index (χ3v) is 5.30. The SMILES string of the molecule is C[C@@H]1C[C@]2(C)Oc3ccccc3[C@@H]3OC[C@H]1C[C@H]32. The monoisotopic (exact) mass is 244 g/mol. The molecule has 2 heterocycles. The van der Waals surface area contributed by atoms with Gasteiger partial charge in [0.05, 0.1) is 12.7 Å². The smallest absolute Gasteiger partial charge is 0.125 e. The van der Waals surface area contributed by atoms with Crippen LogP contribution in [0.15, 0.2) is 24.3 Å². The molecule has 0 spiro atoms. The molecular formula is C16H20O2. The zero-order chi connectivity index (χ0) is 12.3. The van der Waals surface area contributed by atoms with Gasteiger partial charge >= 0.3 is 0 Å². The summed E-state index contributed by atoms with van der Waals surface area (Å²) in [6.45, 7) is 5.55. The molecule has 1 saturated heterocycles. The van der Waals surface area contributed by atoms with Gasteiger partial charge in [-0.1, -0.05) is 25.1 Å². The minimum absolute atomic E-state index is 0.0324. The maximum absolute atomic E-state index is 6.37. The molecule has 2 aliphatic heterocycles. The van der Waals surface area contributed by atoms with Gasteiger partial charge in [0, 0.05) is 11.5 Å². The van der Waals surface area contributed by atoms with Crippen LogP contribution in [0.3, 0.4) is 0 Å². The van der Waals surface area contributed by atoms with Crippen LogP contribution in [0.1, 0.15) is 38.4 Å². The number of hydrogen-bond acceptors (Lipinski definition) is 2. The summed E-state index contributed by atoms with van der Waals surface area (Å²) in [7, 11) is 0. The van der Waals surface area contributed by atoms with Crippen molar-refractivity contribution in [2.45, 2.75) is 38.4 Å². The first-order valence-corrected chi connectivity index (χ1v) is 7.07. The van der Waals surface area contributed by atoms with E-state index in [0.29, 0.717) is 11.8 Å². The number of rotatable bonds is 0. The van der Waals surface area contributed by atoms with Gasteiger partial charge in [-0.3, -0.25) is 0 Å². The minimum Gasteiger partial charge on any atom is -0.487 e. The van der Waals surface area contributed by atoms with Crippen molar-refractivity contribution in [2.75, 3.05) is 6.61 Å². The second kappa shape index (κ2) is 3.51. The van der Waals surface area contributed by atoms with Gasteiger partial charge in [-0.05, 0) is 37.7 Å². The fraction of sp³-hybridized carbons (Fsp3) is 0.625. The molecule has 3 aliphatic rings. The zero-order valence-electron chi connectivity index (χ0n) is 11.1. The van der Waals surface area contributed by atoms with Crippen molar-refractivity contribution < 1.29 is 9.47 Å². The highest BCUT2D eigenvalue weighted by Gasteiger charge is 2.54. The number of fused-ring (bicyclic) bond motifs is 3. The van der Waals surface area contributed by atoms with Gasteiger partial charge in [0.15, 0.2) is 0 Å². The lowest BCUT2D eigenvalue weighted by molar-refractivity contribution is -0.184. The Hall–Kier alpha value is -1.02. The Morgan fingerprint density at radius 3 is 3.00 bits per heavy atom. The van der Waals surface area contributed by atoms with Crippen LogP contribution in [0.5, 0.6) is 5.75 Å². The van der Waals surface area contributed by atoms with E-state index < -0.39 is 0 Å². The van der Waals surface area contributed by atoms with Crippen molar-refractivity contribution in [1.29, 1.82) is 0 Å². The van der Waals surface area contributed by atoms with Gasteiger partial charge in [-0.2, -0.15) is 0 Å². The Morgan fingerprint density at radius 2 is 2.11 bits per heavy atom. The van der Waals surface area contributed by atoms with Gasteiger partial charge in [-0.15, -0.1) is 0 Å². The molecule has 0 amide bonds. The van der Waals surface area contributed by atoms with E-state index in [4.69, 9.17) is 9.47 Å². The molecule has 96 valence electrons. The number of para-hydroxylation sites is 1. The lowest BCUT2D eigenvalue weighted by atomic mass is 9.62. The van der Waals surface area contributed by atoms with Gasteiger partial charge < -0.3 is 9.47 Å². The minimum atomic E-state index is -0.0324. The van der Waals surface area contributed by atoms with Crippen LogP contribution in [0, 0.1) is 17.8 Å². The van der Waals surface area contributed by atoms with Gasteiger partial charge in [-0.25, -0.2) is 0 Å². The van der Waals surface area contributed by atoms with E-state index >= 15 is 0 Å².